The fraction of sp³-hybridized carbons (Fsp3) is 0.312. The van der Waals surface area contributed by atoms with Gasteiger partial charge in [-0.2, -0.15) is 0 Å². The Morgan fingerprint density at radius 2 is 1.45 bits per heavy atom. The minimum Gasteiger partial charge on any atom is -0.465 e. The first-order valence-electron chi connectivity index (χ1n) is 12.9. The van der Waals surface area contributed by atoms with Crippen LogP contribution >= 0.6 is 0 Å². The predicted octanol–water partition coefficient (Wildman–Crippen LogP) is 5.52. The number of benzene rings is 3. The first kappa shape index (κ1) is 30.2. The van der Waals surface area contributed by atoms with E-state index in [1.54, 1.807) is 57.0 Å². The zero-order valence-corrected chi connectivity index (χ0v) is 23.5. The number of hydrogen-bond donors (Lipinski definition) is 0. The lowest BCUT2D eigenvalue weighted by molar-refractivity contribution is -0.126. The van der Waals surface area contributed by atoms with Crippen LogP contribution in [0.1, 0.15) is 64.6 Å². The summed E-state index contributed by atoms with van der Waals surface area (Å²) in [6, 6.07) is 18.3. The molecule has 8 heteroatoms. The molecular formula is C32H34FNO6. The van der Waals surface area contributed by atoms with E-state index in [-0.39, 0.29) is 30.6 Å². The summed E-state index contributed by atoms with van der Waals surface area (Å²) in [5.74, 6) is -2.61. The smallest absolute Gasteiger partial charge is 0.338 e. The number of nitrogens with zero attached hydrogens (tertiary/aromatic N) is 1. The minimum atomic E-state index is -0.770. The molecule has 0 unspecified atom stereocenters. The van der Waals surface area contributed by atoms with Gasteiger partial charge in [-0.25, -0.2) is 14.0 Å². The van der Waals surface area contributed by atoms with Crippen LogP contribution in [-0.2, 0) is 38.4 Å². The van der Waals surface area contributed by atoms with Crippen molar-refractivity contribution in [3.63, 3.8) is 0 Å². The van der Waals surface area contributed by atoms with E-state index in [2.05, 4.69) is 0 Å². The minimum absolute atomic E-state index is 0.00557. The molecule has 3 rings (SSSR count). The normalized spacial score (nSPS) is 11.1. The number of halogens is 1. The lowest BCUT2D eigenvalue weighted by Crippen LogP contribution is -2.23. The van der Waals surface area contributed by atoms with Gasteiger partial charge in [0.25, 0.3) is 0 Å². The van der Waals surface area contributed by atoms with Gasteiger partial charge in [-0.15, -0.1) is 0 Å². The second-order valence-corrected chi connectivity index (χ2v) is 10.6. The van der Waals surface area contributed by atoms with Gasteiger partial charge < -0.3 is 14.4 Å². The number of carbonyl (C=O) groups is 4. The van der Waals surface area contributed by atoms with E-state index < -0.39 is 29.1 Å². The van der Waals surface area contributed by atoms with Gasteiger partial charge in [0.05, 0.1) is 24.7 Å². The van der Waals surface area contributed by atoms with Gasteiger partial charge >= 0.3 is 11.9 Å². The standard InChI is InChI=1S/C32H34FNO6/c1-32(2,3)40-30(37)23-13-11-21(12-14-23)15-25(35)18-26(36)19-27-28(31(38)39-5)16-24(33)17-29(27)34(4)20-22-9-7-6-8-10-22/h6-14,16-17H,15,18-20H2,1-5H3. The van der Waals surface area contributed by atoms with Gasteiger partial charge in [-0.05, 0) is 61.7 Å². The Labute approximate surface area is 233 Å². The predicted molar refractivity (Wildman–Crippen MR) is 150 cm³/mol. The molecule has 40 heavy (non-hydrogen) atoms. The monoisotopic (exact) mass is 547 g/mol. The summed E-state index contributed by atoms with van der Waals surface area (Å²) in [5.41, 5.74) is 1.94. The maximum absolute atomic E-state index is 14.6. The largest absolute Gasteiger partial charge is 0.465 e. The quantitative estimate of drug-likeness (QED) is 0.231. The topological polar surface area (TPSA) is 90.0 Å². The van der Waals surface area contributed by atoms with E-state index in [1.807, 2.05) is 30.3 Å². The summed E-state index contributed by atoms with van der Waals surface area (Å²) in [6.07, 6.45) is -0.621. The van der Waals surface area contributed by atoms with Crippen molar-refractivity contribution in [2.24, 2.45) is 0 Å². The lowest BCUT2D eigenvalue weighted by Gasteiger charge is -2.24. The molecule has 0 saturated heterocycles. The van der Waals surface area contributed by atoms with E-state index in [9.17, 15) is 23.6 Å². The molecule has 0 N–H and O–H groups in total. The van der Waals surface area contributed by atoms with Gasteiger partial charge in [0.15, 0.2) is 0 Å². The maximum atomic E-state index is 14.6. The fourth-order valence-corrected chi connectivity index (χ4v) is 4.25. The van der Waals surface area contributed by atoms with Crippen LogP contribution in [0.2, 0.25) is 0 Å². The Kier molecular flexibility index (Phi) is 9.93. The van der Waals surface area contributed by atoms with Crippen molar-refractivity contribution in [1.82, 2.24) is 0 Å². The van der Waals surface area contributed by atoms with Crippen LogP contribution in [0, 0.1) is 5.82 Å². The molecular weight excluding hydrogens is 513 g/mol. The highest BCUT2D eigenvalue weighted by Crippen LogP contribution is 2.28. The van der Waals surface area contributed by atoms with Gasteiger partial charge in [-0.1, -0.05) is 42.5 Å². The van der Waals surface area contributed by atoms with Crippen molar-refractivity contribution in [2.75, 3.05) is 19.1 Å². The van der Waals surface area contributed by atoms with Crippen LogP contribution in [0.4, 0.5) is 10.1 Å². The van der Waals surface area contributed by atoms with Gasteiger partial charge in [0.2, 0.25) is 0 Å². The van der Waals surface area contributed by atoms with Crippen molar-refractivity contribution in [3.8, 4) is 0 Å². The van der Waals surface area contributed by atoms with Crippen molar-refractivity contribution >= 4 is 29.2 Å². The maximum Gasteiger partial charge on any atom is 0.338 e. The Bertz CT molecular complexity index is 1380. The van der Waals surface area contributed by atoms with E-state index in [4.69, 9.17) is 9.47 Å². The molecule has 0 bridgehead atoms. The zero-order valence-electron chi connectivity index (χ0n) is 23.5. The van der Waals surface area contributed by atoms with Crippen LogP contribution < -0.4 is 4.90 Å². The summed E-state index contributed by atoms with van der Waals surface area (Å²) in [7, 11) is 2.92. The molecule has 3 aromatic carbocycles. The molecule has 0 amide bonds. The zero-order chi connectivity index (χ0) is 29.4. The molecule has 0 aliphatic rings. The highest BCUT2D eigenvalue weighted by atomic mass is 19.1. The Balaban J connectivity index is 1.74. The number of Topliss-reactive ketones (excluding diaryl/α,β-unsaturated/α-hetero) is 2. The van der Waals surface area contributed by atoms with Crippen molar-refractivity contribution in [2.45, 2.75) is 52.2 Å². The SMILES string of the molecule is COC(=O)c1cc(F)cc(N(C)Cc2ccccc2)c1CC(=O)CC(=O)Cc1ccc(C(=O)OC(C)(C)C)cc1. The summed E-state index contributed by atoms with van der Waals surface area (Å²) in [5, 5.41) is 0. The molecule has 210 valence electrons. The van der Waals surface area contributed by atoms with Crippen LogP contribution in [0.5, 0.6) is 0 Å². The van der Waals surface area contributed by atoms with E-state index in [1.165, 1.54) is 13.2 Å². The summed E-state index contributed by atoms with van der Waals surface area (Å²) >= 11 is 0. The average molecular weight is 548 g/mol. The number of esters is 2. The second kappa shape index (κ2) is 13.2. The first-order chi connectivity index (χ1) is 18.9. The number of hydrogen-bond acceptors (Lipinski definition) is 7. The molecule has 0 fully saturated rings. The third kappa shape index (κ3) is 8.59. The van der Waals surface area contributed by atoms with Crippen molar-refractivity contribution in [1.29, 1.82) is 0 Å². The van der Waals surface area contributed by atoms with Crippen molar-refractivity contribution < 1.29 is 33.0 Å². The molecule has 0 aliphatic heterocycles. The molecule has 0 atom stereocenters. The van der Waals surface area contributed by atoms with Crippen LogP contribution in [-0.4, -0.2) is 43.3 Å². The number of rotatable bonds is 11. The van der Waals surface area contributed by atoms with Crippen LogP contribution in [0.15, 0.2) is 66.7 Å². The summed E-state index contributed by atoms with van der Waals surface area (Å²) < 4.78 is 24.7. The highest BCUT2D eigenvalue weighted by Gasteiger charge is 2.23. The number of ketones is 2. The van der Waals surface area contributed by atoms with Gasteiger partial charge in [0, 0.05) is 32.1 Å². The molecule has 7 nitrogen and oxygen atoms in total. The Morgan fingerprint density at radius 3 is 2.05 bits per heavy atom. The first-order valence-corrected chi connectivity index (χ1v) is 12.9. The van der Waals surface area contributed by atoms with Gasteiger partial charge in [0.1, 0.15) is 23.0 Å². The number of methoxy groups -OCH3 is 1. The number of carbonyl (C=O) groups excluding carboxylic acids is 4. The van der Waals surface area contributed by atoms with E-state index in [0.717, 1.165) is 11.6 Å². The molecule has 0 heterocycles. The van der Waals surface area contributed by atoms with E-state index in [0.29, 0.717) is 28.9 Å². The van der Waals surface area contributed by atoms with Crippen LogP contribution in [0.3, 0.4) is 0 Å². The third-order valence-electron chi connectivity index (χ3n) is 6.03. The molecule has 3 aromatic rings. The number of ether oxygens (including phenoxy) is 2. The summed E-state index contributed by atoms with van der Waals surface area (Å²) in [6.45, 7) is 5.74. The third-order valence-corrected chi connectivity index (χ3v) is 6.03. The van der Waals surface area contributed by atoms with E-state index >= 15 is 0 Å². The average Bonchev–Trinajstić information content (AvgIpc) is 2.88. The molecule has 0 saturated carbocycles. The lowest BCUT2D eigenvalue weighted by atomic mass is 9.95. The van der Waals surface area contributed by atoms with Gasteiger partial charge in [-0.3, -0.25) is 9.59 Å². The van der Waals surface area contributed by atoms with Crippen molar-refractivity contribution in [3.05, 3.63) is 100 Å². The fourth-order valence-electron chi connectivity index (χ4n) is 4.25. The number of anilines is 1. The highest BCUT2D eigenvalue weighted by molar-refractivity contribution is 6.03. The summed E-state index contributed by atoms with van der Waals surface area (Å²) in [4.78, 5) is 52.2. The molecule has 0 radical (unpaired) electrons. The molecule has 0 spiro atoms. The Hall–Kier alpha value is -4.33. The second-order valence-electron chi connectivity index (χ2n) is 10.6. The molecule has 0 aromatic heterocycles. The Morgan fingerprint density at radius 1 is 0.825 bits per heavy atom. The van der Waals surface area contributed by atoms with Crippen LogP contribution in [0.25, 0.3) is 0 Å². The molecule has 0 aliphatic carbocycles.